The van der Waals surface area contributed by atoms with Crippen LogP contribution in [0.3, 0.4) is 0 Å². The number of rotatable bonds is 3. The SMILES string of the molecule is Cc1ccccc1C(C)(C)C(=O)N1C[C@@H]2CCC[C@@]2(C(=O)O)C1. The number of hydrogen-bond donors (Lipinski definition) is 1. The molecule has 0 unspecified atom stereocenters. The van der Waals surface area contributed by atoms with Gasteiger partial charge in [-0.3, -0.25) is 9.59 Å². The summed E-state index contributed by atoms with van der Waals surface area (Å²) in [4.78, 5) is 26.8. The summed E-state index contributed by atoms with van der Waals surface area (Å²) >= 11 is 0. The molecule has 1 aliphatic heterocycles. The third kappa shape index (κ3) is 2.35. The van der Waals surface area contributed by atoms with E-state index in [1.54, 1.807) is 4.90 Å². The second kappa shape index (κ2) is 5.36. The van der Waals surface area contributed by atoms with Crippen molar-refractivity contribution in [1.29, 1.82) is 0 Å². The lowest BCUT2D eigenvalue weighted by molar-refractivity contribution is -0.149. The molecule has 0 aromatic heterocycles. The smallest absolute Gasteiger partial charge is 0.311 e. The molecule has 0 bridgehead atoms. The molecule has 1 aromatic carbocycles. The standard InChI is InChI=1S/C19H25NO3/c1-13-7-4-5-9-15(13)18(2,3)16(21)20-11-14-8-6-10-19(14,12-20)17(22)23/h4-5,7,9,14H,6,8,10-12H2,1-3H3,(H,22,23)/t14-,19+/m0/s1. The van der Waals surface area contributed by atoms with Gasteiger partial charge < -0.3 is 10.0 Å². The number of fused-ring (bicyclic) bond motifs is 1. The summed E-state index contributed by atoms with van der Waals surface area (Å²) < 4.78 is 0. The molecule has 1 amide bonds. The molecule has 1 heterocycles. The van der Waals surface area contributed by atoms with E-state index in [0.717, 1.165) is 24.0 Å². The molecule has 4 nitrogen and oxygen atoms in total. The molecule has 1 saturated heterocycles. The van der Waals surface area contributed by atoms with Crippen molar-refractivity contribution < 1.29 is 14.7 Å². The zero-order valence-electron chi connectivity index (χ0n) is 14.1. The van der Waals surface area contributed by atoms with Gasteiger partial charge in [0.1, 0.15) is 0 Å². The molecule has 23 heavy (non-hydrogen) atoms. The Hall–Kier alpha value is -1.84. The maximum absolute atomic E-state index is 13.1. The average molecular weight is 315 g/mol. The summed E-state index contributed by atoms with van der Waals surface area (Å²) in [5.41, 5.74) is 0.769. The van der Waals surface area contributed by atoms with Gasteiger partial charge in [-0.15, -0.1) is 0 Å². The van der Waals surface area contributed by atoms with Crippen molar-refractivity contribution in [2.45, 2.75) is 45.4 Å². The number of aliphatic carboxylic acids is 1. The van der Waals surface area contributed by atoms with Gasteiger partial charge >= 0.3 is 5.97 Å². The molecule has 1 N–H and O–H groups in total. The quantitative estimate of drug-likeness (QED) is 0.933. The third-order valence-electron chi connectivity index (χ3n) is 5.94. The van der Waals surface area contributed by atoms with Crippen molar-refractivity contribution in [3.63, 3.8) is 0 Å². The Morgan fingerprint density at radius 2 is 2.00 bits per heavy atom. The zero-order valence-corrected chi connectivity index (χ0v) is 14.1. The molecule has 124 valence electrons. The van der Waals surface area contributed by atoms with Gasteiger partial charge in [-0.1, -0.05) is 30.7 Å². The fourth-order valence-corrected chi connectivity index (χ4v) is 4.58. The van der Waals surface area contributed by atoms with Gasteiger partial charge in [0.05, 0.1) is 10.8 Å². The summed E-state index contributed by atoms with van der Waals surface area (Å²) in [5, 5.41) is 9.70. The van der Waals surface area contributed by atoms with Crippen LogP contribution in [0.4, 0.5) is 0 Å². The number of benzene rings is 1. The van der Waals surface area contributed by atoms with Gasteiger partial charge in [-0.2, -0.15) is 0 Å². The van der Waals surface area contributed by atoms with E-state index < -0.39 is 16.8 Å². The lowest BCUT2D eigenvalue weighted by Crippen LogP contribution is -2.44. The van der Waals surface area contributed by atoms with Crippen LogP contribution in [0.1, 0.15) is 44.2 Å². The molecule has 2 atom stereocenters. The third-order valence-corrected chi connectivity index (χ3v) is 5.94. The lowest BCUT2D eigenvalue weighted by atomic mass is 9.80. The monoisotopic (exact) mass is 315 g/mol. The predicted octanol–water partition coefficient (Wildman–Crippen LogP) is 2.99. The summed E-state index contributed by atoms with van der Waals surface area (Å²) in [6.45, 7) is 6.85. The number of carboxylic acids is 1. The molecule has 1 saturated carbocycles. The highest BCUT2D eigenvalue weighted by molar-refractivity contribution is 5.89. The Bertz CT molecular complexity index is 652. The van der Waals surface area contributed by atoms with Crippen LogP contribution in [0.15, 0.2) is 24.3 Å². The van der Waals surface area contributed by atoms with Crippen LogP contribution in [0.25, 0.3) is 0 Å². The van der Waals surface area contributed by atoms with Crippen LogP contribution in [-0.2, 0) is 15.0 Å². The van der Waals surface area contributed by atoms with E-state index in [4.69, 9.17) is 0 Å². The van der Waals surface area contributed by atoms with E-state index >= 15 is 0 Å². The number of carboxylic acid groups (broad SMARTS) is 1. The van der Waals surface area contributed by atoms with Gasteiger partial charge in [-0.25, -0.2) is 0 Å². The predicted molar refractivity (Wildman–Crippen MR) is 88.2 cm³/mol. The second-order valence-corrected chi connectivity index (χ2v) is 7.68. The largest absolute Gasteiger partial charge is 0.481 e. The number of likely N-dealkylation sites (tertiary alicyclic amines) is 1. The average Bonchev–Trinajstić information content (AvgIpc) is 3.04. The molecule has 2 fully saturated rings. The Balaban J connectivity index is 1.87. The van der Waals surface area contributed by atoms with Crippen molar-refractivity contribution in [1.82, 2.24) is 4.90 Å². The van der Waals surface area contributed by atoms with E-state index in [2.05, 4.69) is 0 Å². The normalized spacial score (nSPS) is 27.1. The minimum absolute atomic E-state index is 0.0434. The molecular formula is C19H25NO3. The summed E-state index contributed by atoms with van der Waals surface area (Å²) in [6, 6.07) is 7.94. The van der Waals surface area contributed by atoms with E-state index in [9.17, 15) is 14.7 Å². The van der Waals surface area contributed by atoms with Gasteiger partial charge in [-0.05, 0) is 50.7 Å². The number of hydrogen-bond acceptors (Lipinski definition) is 2. The number of nitrogens with zero attached hydrogens (tertiary/aromatic N) is 1. The number of carbonyl (C=O) groups excluding carboxylic acids is 1. The van der Waals surface area contributed by atoms with Crippen molar-refractivity contribution in [3.05, 3.63) is 35.4 Å². The van der Waals surface area contributed by atoms with E-state index in [1.165, 1.54) is 0 Å². The van der Waals surface area contributed by atoms with Crippen LogP contribution in [-0.4, -0.2) is 35.0 Å². The molecule has 3 rings (SSSR count). The highest BCUT2D eigenvalue weighted by Crippen LogP contribution is 2.49. The molecule has 2 aliphatic rings. The van der Waals surface area contributed by atoms with E-state index in [-0.39, 0.29) is 11.8 Å². The molecule has 1 aromatic rings. The van der Waals surface area contributed by atoms with Crippen LogP contribution < -0.4 is 0 Å². The highest BCUT2D eigenvalue weighted by atomic mass is 16.4. The molecule has 1 aliphatic carbocycles. The number of carbonyl (C=O) groups is 2. The van der Waals surface area contributed by atoms with Crippen molar-refractivity contribution in [2.24, 2.45) is 11.3 Å². The van der Waals surface area contributed by atoms with Crippen molar-refractivity contribution >= 4 is 11.9 Å². The highest BCUT2D eigenvalue weighted by Gasteiger charge is 2.56. The van der Waals surface area contributed by atoms with Crippen molar-refractivity contribution in [2.75, 3.05) is 13.1 Å². The molecule has 0 spiro atoms. The van der Waals surface area contributed by atoms with Gasteiger partial charge in [0, 0.05) is 13.1 Å². The van der Waals surface area contributed by atoms with Crippen LogP contribution in [0, 0.1) is 18.3 Å². The Morgan fingerprint density at radius 3 is 2.61 bits per heavy atom. The molecular weight excluding hydrogens is 290 g/mol. The van der Waals surface area contributed by atoms with E-state index in [0.29, 0.717) is 19.5 Å². The molecule has 4 heteroatoms. The summed E-state index contributed by atoms with van der Waals surface area (Å²) in [7, 11) is 0. The first-order valence-corrected chi connectivity index (χ1v) is 8.38. The van der Waals surface area contributed by atoms with Crippen LogP contribution in [0.5, 0.6) is 0 Å². The molecule has 0 radical (unpaired) electrons. The Morgan fingerprint density at radius 1 is 1.30 bits per heavy atom. The van der Waals surface area contributed by atoms with Gasteiger partial charge in [0.15, 0.2) is 0 Å². The second-order valence-electron chi connectivity index (χ2n) is 7.68. The zero-order chi connectivity index (χ0) is 16.8. The first-order chi connectivity index (χ1) is 10.8. The first kappa shape index (κ1) is 16.0. The number of amides is 1. The Labute approximate surface area is 137 Å². The van der Waals surface area contributed by atoms with Crippen LogP contribution >= 0.6 is 0 Å². The summed E-state index contributed by atoms with van der Waals surface area (Å²) in [5.74, 6) is -0.581. The maximum Gasteiger partial charge on any atom is 0.311 e. The fourth-order valence-electron chi connectivity index (χ4n) is 4.58. The Kier molecular flexibility index (Phi) is 3.74. The minimum Gasteiger partial charge on any atom is -0.481 e. The fraction of sp³-hybridized carbons (Fsp3) is 0.579. The maximum atomic E-state index is 13.1. The van der Waals surface area contributed by atoms with Gasteiger partial charge in [0.25, 0.3) is 0 Å². The van der Waals surface area contributed by atoms with Gasteiger partial charge in [0.2, 0.25) is 5.91 Å². The lowest BCUT2D eigenvalue weighted by Gasteiger charge is -2.32. The van der Waals surface area contributed by atoms with Crippen molar-refractivity contribution in [3.8, 4) is 0 Å². The summed E-state index contributed by atoms with van der Waals surface area (Å²) in [6.07, 6.45) is 2.57. The topological polar surface area (TPSA) is 57.6 Å². The number of aryl methyl sites for hydroxylation is 1. The first-order valence-electron chi connectivity index (χ1n) is 8.38. The minimum atomic E-state index is -0.732. The van der Waals surface area contributed by atoms with E-state index in [1.807, 2.05) is 45.0 Å². The van der Waals surface area contributed by atoms with Crippen LogP contribution in [0.2, 0.25) is 0 Å².